The highest BCUT2D eigenvalue weighted by Crippen LogP contribution is 2.50. The van der Waals surface area contributed by atoms with E-state index in [0.717, 1.165) is 66.7 Å². The molecule has 0 radical (unpaired) electrons. The number of hydrogen-bond donors (Lipinski definition) is 24. The summed E-state index contributed by atoms with van der Waals surface area (Å²) in [7, 11) is 1.46. The maximum Gasteiger partial charge on any atom is 0.253 e. The van der Waals surface area contributed by atoms with E-state index in [0.29, 0.717) is 35.9 Å². The molecule has 1 aromatic heterocycles. The van der Waals surface area contributed by atoms with Crippen molar-refractivity contribution < 1.29 is 127 Å². The first kappa shape index (κ1) is 95.2. The number of halogens is 2. The van der Waals surface area contributed by atoms with E-state index in [1.807, 2.05) is 0 Å². The Balaban J connectivity index is 1.03. The third-order valence-electron chi connectivity index (χ3n) is 22.5. The molecule has 7 aromatic rings. The van der Waals surface area contributed by atoms with Crippen LogP contribution in [0.4, 0.5) is 0 Å². The molecule has 7 aliphatic heterocycles. The van der Waals surface area contributed by atoms with Gasteiger partial charge in [-0.15, -0.1) is 0 Å². The van der Waals surface area contributed by atoms with Crippen molar-refractivity contribution >= 4 is 99.1 Å². The lowest BCUT2D eigenvalue weighted by Crippen LogP contribution is -2.61. The number of primary amides is 1. The zero-order chi connectivity index (χ0) is 92.8. The number of fused-ring (bicyclic) bond motifs is 16. The predicted octanol–water partition coefficient (Wildman–Crippen LogP) is -0.554. The van der Waals surface area contributed by atoms with Crippen LogP contribution in [0.5, 0.6) is 46.0 Å². The lowest BCUT2D eigenvalue weighted by Gasteiger charge is -2.44. The Hall–Kier alpha value is -11.9. The molecule has 0 spiro atoms. The summed E-state index contributed by atoms with van der Waals surface area (Å²) >= 11 is 14.4. The van der Waals surface area contributed by atoms with Gasteiger partial charge in [-0.25, -0.2) is 0 Å². The molecular formula is C85H101Cl2N15O26. The zero-order valence-electron chi connectivity index (χ0n) is 69.5. The van der Waals surface area contributed by atoms with Crippen molar-refractivity contribution in [2.24, 2.45) is 28.9 Å². The largest absolute Gasteiger partial charge is 0.508 e. The van der Waals surface area contributed by atoms with Crippen molar-refractivity contribution in [3.63, 3.8) is 0 Å². The summed E-state index contributed by atoms with van der Waals surface area (Å²) < 4.78 is 38.5. The molecule has 11 amide bonds. The van der Waals surface area contributed by atoms with Crippen LogP contribution in [-0.4, -0.2) is 234 Å². The van der Waals surface area contributed by atoms with E-state index in [-0.39, 0.29) is 42.1 Å². The van der Waals surface area contributed by atoms with Crippen LogP contribution in [0.2, 0.25) is 10.0 Å². The number of nitrogens with two attached hydrogens (primary N) is 4. The monoisotopic (exact) mass is 1820 g/mol. The number of aromatic nitrogens is 1. The molecule has 8 heterocycles. The van der Waals surface area contributed by atoms with Crippen molar-refractivity contribution in [3.05, 3.63) is 153 Å². The summed E-state index contributed by atoms with van der Waals surface area (Å²) in [6.07, 6.45) is -17.2. The number of carbonyl (C=O) groups excluding carboxylic acids is 11. The Kier molecular flexibility index (Phi) is 30.2. The Morgan fingerprint density at radius 3 is 2.01 bits per heavy atom. The molecule has 0 aliphatic carbocycles. The molecule has 2 saturated heterocycles. The van der Waals surface area contributed by atoms with Crippen LogP contribution >= 0.6 is 23.2 Å². The van der Waals surface area contributed by atoms with Crippen molar-refractivity contribution in [2.45, 2.75) is 194 Å². The first-order valence-electron chi connectivity index (χ1n) is 40.9. The smallest absolute Gasteiger partial charge is 0.253 e. The molecule has 2 fully saturated rings. The van der Waals surface area contributed by atoms with Crippen LogP contribution in [-0.2, 0) is 73.4 Å². The number of para-hydroxylation sites is 1. The van der Waals surface area contributed by atoms with E-state index in [1.165, 1.54) is 33.0 Å². The Morgan fingerprint density at radius 2 is 1.35 bits per heavy atom. The molecule has 11 bridgehead atoms. The van der Waals surface area contributed by atoms with E-state index in [9.17, 15) is 69.9 Å². The predicted molar refractivity (Wildman–Crippen MR) is 453 cm³/mol. The van der Waals surface area contributed by atoms with Gasteiger partial charge in [-0.1, -0.05) is 79.9 Å². The van der Waals surface area contributed by atoms with Crippen LogP contribution in [0.15, 0.2) is 109 Å². The van der Waals surface area contributed by atoms with Crippen molar-refractivity contribution in [1.82, 2.24) is 58.2 Å². The lowest BCUT2D eigenvalue weighted by molar-refractivity contribution is -0.277. The number of phenolic OH excluding ortho intramolecular Hbond substituents is 3. The van der Waals surface area contributed by atoms with E-state index < -0.39 is 290 Å². The Morgan fingerprint density at radius 1 is 0.695 bits per heavy atom. The van der Waals surface area contributed by atoms with Gasteiger partial charge in [-0.05, 0) is 147 Å². The standard InChI is InChI=1S/C85H101Cl2N15O26/c1-34(2)20-49(92-5)77(116)101-66-68(109)37-14-17-54(45(86)22-37)124-56-25-39-26-57(73(56)128-84-71(112)70(111)69(110)58(33-103)126-84)125-55-18-15-38(23-46(55)87)72(127-61-30-85(4,91)74(113)35(3)123-61)67-83(122)100-65(81(120)97-60(108)32-94-76(115)50(95-75(114)47(89)11-8-9-19-88)24-40-31-93-48-12-7-6-10-42(40)48)44-27-41(104)28-53(106)62(44)43-21-36(13-16-52(43)105)63(79(118)102-67)99-80(119)64(39)98-78(117)51(29-59(90)107)96-82(66)121/h6-7,10,12-18,21-23,25-28,31,34-35,47,49-51,58,61,63-72,74,84,92-93,103-106,109-113H,8-9,11,19-20,24,29-30,32-33,88-89,91H2,1-5H3,(H2,90,107)(H,94,115)(H,95,114)(H,96,121)(H,98,117)(H,99,119)(H,100,122)(H,101,116)(H,102,118)(H,97,108,120)/t35-,47-,49+,50-,51-,58+,61-,63+,64+,65+,66+,67?,68+,69+,70-,71+,72+,74-,84-,85-/m0/s1. The van der Waals surface area contributed by atoms with Gasteiger partial charge in [-0.3, -0.25) is 58.1 Å². The lowest BCUT2D eigenvalue weighted by atomic mass is 9.86. The first-order chi connectivity index (χ1) is 60.7. The highest BCUT2D eigenvalue weighted by atomic mass is 35.5. The van der Waals surface area contributed by atoms with Crippen molar-refractivity contribution in [2.75, 3.05) is 26.7 Å². The van der Waals surface area contributed by atoms with Crippen LogP contribution < -0.4 is 90.3 Å². The molecule has 6 aromatic carbocycles. The Bertz CT molecular complexity index is 5390. The first-order valence-corrected chi connectivity index (χ1v) is 41.7. The highest BCUT2D eigenvalue weighted by molar-refractivity contribution is 6.32. The van der Waals surface area contributed by atoms with E-state index in [4.69, 9.17) is 74.6 Å². The average molecular weight is 1820 g/mol. The second-order valence-electron chi connectivity index (χ2n) is 32.5. The summed E-state index contributed by atoms with van der Waals surface area (Å²) in [6, 6.07) is 3.23. The molecule has 43 heteroatoms. The van der Waals surface area contributed by atoms with Gasteiger partial charge < -0.3 is 150 Å². The fraction of sp³-hybridized carbons (Fsp3) is 0.424. The van der Waals surface area contributed by atoms with E-state index >= 15 is 28.8 Å². The molecule has 0 saturated carbocycles. The fourth-order valence-electron chi connectivity index (χ4n) is 15.7. The molecule has 28 N–H and O–H groups in total. The number of aliphatic hydroxyl groups excluding tert-OH is 6. The second kappa shape index (κ2) is 40.6. The summed E-state index contributed by atoms with van der Waals surface area (Å²) in [5, 5.41) is 129. The fourth-order valence-corrected chi connectivity index (χ4v) is 16.2. The van der Waals surface area contributed by atoms with Crippen molar-refractivity contribution in [3.8, 4) is 57.1 Å². The average Bonchev–Trinajstić information content (AvgIpc) is 0.956. The van der Waals surface area contributed by atoms with Crippen LogP contribution in [0.1, 0.15) is 130 Å². The van der Waals surface area contributed by atoms with Crippen LogP contribution in [0, 0.1) is 5.92 Å². The third-order valence-corrected chi connectivity index (χ3v) is 23.1. The minimum atomic E-state index is -2.42. The Labute approximate surface area is 740 Å². The molecule has 20 atom stereocenters. The van der Waals surface area contributed by atoms with Gasteiger partial charge >= 0.3 is 0 Å². The summed E-state index contributed by atoms with van der Waals surface area (Å²) in [5.41, 5.74) is 21.0. The van der Waals surface area contributed by atoms with Gasteiger partial charge in [-0.2, -0.15) is 0 Å². The summed E-state index contributed by atoms with van der Waals surface area (Å²) in [6.45, 7) is 4.78. The quantitative estimate of drug-likeness (QED) is 0.0337. The molecule has 128 heavy (non-hydrogen) atoms. The summed E-state index contributed by atoms with van der Waals surface area (Å²) in [4.78, 5) is 169. The summed E-state index contributed by atoms with van der Waals surface area (Å²) in [5.74, 6) is -19.5. The minimum absolute atomic E-state index is 0.126. The number of unbranched alkanes of at least 4 members (excludes halogenated alkanes) is 1. The number of phenols is 3. The van der Waals surface area contributed by atoms with Crippen molar-refractivity contribution in [1.29, 1.82) is 0 Å². The molecule has 41 nitrogen and oxygen atoms in total. The number of imide groups is 1. The van der Waals surface area contributed by atoms with Crippen LogP contribution in [0.3, 0.4) is 0 Å². The second-order valence-corrected chi connectivity index (χ2v) is 33.3. The maximum absolute atomic E-state index is 16.5. The molecule has 14 rings (SSSR count). The third kappa shape index (κ3) is 21.6. The number of aliphatic hydroxyl groups is 6. The number of aromatic hydroxyl groups is 3. The number of nitrogens with one attached hydrogen (secondary N) is 11. The maximum atomic E-state index is 16.5. The molecular weight excluding hydrogens is 1720 g/mol. The molecule has 686 valence electrons. The number of benzene rings is 6. The van der Waals surface area contributed by atoms with Gasteiger partial charge in [0.15, 0.2) is 17.8 Å². The number of aromatic amines is 1. The van der Waals surface area contributed by atoms with Gasteiger partial charge in [0.25, 0.3) is 5.91 Å². The topological polar surface area (TPSA) is 665 Å². The SMILES string of the molecule is CN[C@H](CC(C)C)C(=O)N[C@H]1C(=O)N[C@@H](CC(N)=O)C(=O)N[C@H]2C(=O)N[C@H]3C(=O)NC(C(=O)N[C@@H](C(=O)NC(=O)CNC(=O)[C@H](Cc4c[nH]c5ccccc45)NC(=O)[C@@H](N)CCCCN)c4cc(O)cc(O)c4-c4cc3ccc4O)[C@H](O[C@H]3C[C@](C)(N)[C@@H](O)[C@H](C)O3)c3ccc(c(Cl)c3)Oc3cc2cc(c3O[C@@H]2O[C@H](CO)[C@@H](O)[C@H](O)[C@H]2O)Oc2ccc(cc2Cl)[C@H]1O. The highest BCUT2D eigenvalue weighted by Gasteiger charge is 2.50. The number of likely N-dealkylation sites (N-methyl/N-ethyl adjacent to an activating group) is 1. The van der Waals surface area contributed by atoms with Crippen LogP contribution in [0.25, 0.3) is 22.0 Å². The van der Waals surface area contributed by atoms with Gasteiger partial charge in [0.05, 0.1) is 53.9 Å². The zero-order valence-corrected chi connectivity index (χ0v) is 71.1. The van der Waals surface area contributed by atoms with E-state index in [2.05, 4.69) is 58.2 Å². The minimum Gasteiger partial charge on any atom is -0.508 e. The normalized spacial score (nSPS) is 26.1. The van der Waals surface area contributed by atoms with Gasteiger partial charge in [0.2, 0.25) is 71.1 Å². The number of ether oxygens (including phenoxy) is 6. The number of carbonyl (C=O) groups is 11. The molecule has 7 aliphatic rings. The van der Waals surface area contributed by atoms with Gasteiger partial charge in [0.1, 0.15) is 108 Å². The van der Waals surface area contributed by atoms with Gasteiger partial charge in [0, 0.05) is 52.7 Å². The number of hydrogen-bond acceptors (Lipinski definition) is 30. The number of H-pyrrole nitrogens is 1. The number of amides is 11. The number of rotatable bonds is 24. The van der Waals surface area contributed by atoms with E-state index in [1.54, 1.807) is 44.3 Å². The molecule has 1 unspecified atom stereocenters.